The second kappa shape index (κ2) is 10.7. The van der Waals surface area contributed by atoms with E-state index in [0.29, 0.717) is 41.9 Å². The van der Waals surface area contributed by atoms with Crippen LogP contribution in [0.5, 0.6) is 0 Å². The zero-order valence-corrected chi connectivity index (χ0v) is 19.9. The molecule has 11 nitrogen and oxygen atoms in total. The zero-order valence-electron chi connectivity index (χ0n) is 19.9. The van der Waals surface area contributed by atoms with Crippen LogP contribution in [0.4, 0.5) is 22.1 Å². The van der Waals surface area contributed by atoms with Crippen LogP contribution in [0.25, 0.3) is 11.4 Å². The third-order valence-corrected chi connectivity index (χ3v) is 6.04. The molecule has 2 amide bonds. The molecule has 0 aliphatic carbocycles. The summed E-state index contributed by atoms with van der Waals surface area (Å²) in [6.45, 7) is 3.73. The van der Waals surface area contributed by atoms with Crippen molar-refractivity contribution in [3.63, 3.8) is 0 Å². The van der Waals surface area contributed by atoms with E-state index >= 15 is 0 Å². The number of aromatic nitrogens is 3. The number of methoxy groups -OCH3 is 1. The molecule has 0 radical (unpaired) electrons. The summed E-state index contributed by atoms with van der Waals surface area (Å²) < 4.78 is 10.1. The van der Waals surface area contributed by atoms with Crippen LogP contribution in [0, 0.1) is 0 Å². The molecule has 3 heterocycles. The standard InChI is InChI=1S/C25H27N7O4/c1-35-23(33)17-4-8-19(9-5-17)28-25(34)27-18-6-2-16(3-7-18)21-29-22(20-10-11-26-20)31-24(30-21)32-12-14-36-15-13-32/h2-9,20,26H,10-15H2,1H3,(H2,27,28,34). The Balaban J connectivity index is 1.27. The molecule has 1 aromatic heterocycles. The van der Waals surface area contributed by atoms with Crippen molar-refractivity contribution in [1.29, 1.82) is 0 Å². The molecule has 36 heavy (non-hydrogen) atoms. The number of nitrogens with zero attached hydrogens (tertiary/aromatic N) is 4. The summed E-state index contributed by atoms with van der Waals surface area (Å²) in [5.74, 6) is 1.56. The first-order chi connectivity index (χ1) is 17.6. The fourth-order valence-electron chi connectivity index (χ4n) is 3.88. The van der Waals surface area contributed by atoms with Gasteiger partial charge in [-0.05, 0) is 61.5 Å². The lowest BCUT2D eigenvalue weighted by Crippen LogP contribution is -2.39. The van der Waals surface area contributed by atoms with Gasteiger partial charge in [-0.2, -0.15) is 9.97 Å². The smallest absolute Gasteiger partial charge is 0.337 e. The Hall–Kier alpha value is -4.09. The topological polar surface area (TPSA) is 131 Å². The summed E-state index contributed by atoms with van der Waals surface area (Å²) in [6.07, 6.45) is 0.995. The number of urea groups is 1. The summed E-state index contributed by atoms with van der Waals surface area (Å²) in [6, 6.07) is 13.5. The van der Waals surface area contributed by atoms with E-state index in [1.807, 2.05) is 12.1 Å². The van der Waals surface area contributed by atoms with Gasteiger partial charge in [-0.1, -0.05) is 0 Å². The molecule has 3 N–H and O–H groups in total. The minimum atomic E-state index is -0.433. The molecule has 5 rings (SSSR count). The Morgan fingerprint density at radius 3 is 2.19 bits per heavy atom. The predicted octanol–water partition coefficient (Wildman–Crippen LogP) is 2.84. The number of hydrogen-bond acceptors (Lipinski definition) is 9. The van der Waals surface area contributed by atoms with Gasteiger partial charge in [0.05, 0.1) is 31.9 Å². The van der Waals surface area contributed by atoms with Crippen LogP contribution < -0.4 is 20.9 Å². The number of esters is 1. The number of carbonyl (C=O) groups is 2. The molecule has 0 bridgehead atoms. The molecule has 0 spiro atoms. The van der Waals surface area contributed by atoms with Crippen molar-refractivity contribution in [3.05, 3.63) is 59.9 Å². The van der Waals surface area contributed by atoms with E-state index in [1.165, 1.54) is 7.11 Å². The molecule has 1 unspecified atom stereocenters. The van der Waals surface area contributed by atoms with Gasteiger partial charge < -0.3 is 30.3 Å². The molecule has 2 aliphatic rings. The lowest BCUT2D eigenvalue weighted by molar-refractivity contribution is 0.0600. The number of amides is 2. The van der Waals surface area contributed by atoms with Crippen molar-refractivity contribution >= 4 is 29.3 Å². The highest BCUT2D eigenvalue weighted by molar-refractivity contribution is 6.00. The maximum absolute atomic E-state index is 12.4. The van der Waals surface area contributed by atoms with Crippen molar-refractivity contribution in [1.82, 2.24) is 20.3 Å². The molecule has 2 saturated heterocycles. The highest BCUT2D eigenvalue weighted by Crippen LogP contribution is 2.26. The van der Waals surface area contributed by atoms with Gasteiger partial charge in [0.25, 0.3) is 0 Å². The second-order valence-electron chi connectivity index (χ2n) is 8.44. The zero-order chi connectivity index (χ0) is 24.9. The molecular formula is C25H27N7O4. The SMILES string of the molecule is COC(=O)c1ccc(NC(=O)Nc2ccc(-c3nc(C4CCN4)nc(N4CCOCC4)n3)cc2)cc1. The maximum Gasteiger partial charge on any atom is 0.337 e. The largest absolute Gasteiger partial charge is 0.465 e. The summed E-state index contributed by atoms with van der Waals surface area (Å²) in [5.41, 5.74) is 2.41. The molecular weight excluding hydrogens is 462 g/mol. The number of ether oxygens (including phenoxy) is 2. The average molecular weight is 490 g/mol. The van der Waals surface area contributed by atoms with Gasteiger partial charge >= 0.3 is 12.0 Å². The van der Waals surface area contributed by atoms with Gasteiger partial charge in [0, 0.05) is 30.0 Å². The highest BCUT2D eigenvalue weighted by atomic mass is 16.5. The van der Waals surface area contributed by atoms with Crippen LogP contribution in [0.2, 0.25) is 0 Å². The number of morpholine rings is 1. The van der Waals surface area contributed by atoms with Crippen LogP contribution >= 0.6 is 0 Å². The highest BCUT2D eigenvalue weighted by Gasteiger charge is 2.25. The minimum Gasteiger partial charge on any atom is -0.465 e. The van der Waals surface area contributed by atoms with E-state index in [1.54, 1.807) is 36.4 Å². The van der Waals surface area contributed by atoms with Gasteiger partial charge in [-0.15, -0.1) is 0 Å². The summed E-state index contributed by atoms with van der Waals surface area (Å²) in [5, 5.41) is 8.90. The van der Waals surface area contributed by atoms with E-state index in [2.05, 4.69) is 25.6 Å². The molecule has 2 aromatic carbocycles. The lowest BCUT2D eigenvalue weighted by Gasteiger charge is -2.30. The Labute approximate surface area is 208 Å². The van der Waals surface area contributed by atoms with E-state index < -0.39 is 12.0 Å². The lowest BCUT2D eigenvalue weighted by atomic mass is 10.1. The van der Waals surface area contributed by atoms with Crippen LogP contribution in [0.15, 0.2) is 48.5 Å². The average Bonchev–Trinajstić information content (AvgIpc) is 2.88. The van der Waals surface area contributed by atoms with Crippen LogP contribution in [-0.4, -0.2) is 66.9 Å². The first kappa shape index (κ1) is 23.6. The van der Waals surface area contributed by atoms with Crippen LogP contribution in [0.3, 0.4) is 0 Å². The van der Waals surface area contributed by atoms with Crippen molar-refractivity contribution < 1.29 is 19.1 Å². The first-order valence-corrected chi connectivity index (χ1v) is 11.8. The third-order valence-electron chi connectivity index (χ3n) is 6.04. The number of rotatable bonds is 6. The summed E-state index contributed by atoms with van der Waals surface area (Å²) in [4.78, 5) is 40.2. The number of benzene rings is 2. The van der Waals surface area contributed by atoms with E-state index in [9.17, 15) is 9.59 Å². The molecule has 3 aromatic rings. The van der Waals surface area contributed by atoms with Gasteiger partial charge in [-0.3, -0.25) is 0 Å². The molecule has 186 valence electrons. The Morgan fingerprint density at radius 1 is 0.972 bits per heavy atom. The van der Waals surface area contributed by atoms with Gasteiger partial charge in [0.1, 0.15) is 0 Å². The normalized spacial score (nSPS) is 17.1. The Morgan fingerprint density at radius 2 is 1.61 bits per heavy atom. The fraction of sp³-hybridized carbons (Fsp3) is 0.320. The van der Waals surface area contributed by atoms with Gasteiger partial charge in [0.15, 0.2) is 11.6 Å². The van der Waals surface area contributed by atoms with E-state index in [4.69, 9.17) is 19.7 Å². The number of anilines is 3. The fourth-order valence-corrected chi connectivity index (χ4v) is 3.88. The molecule has 1 atom stereocenters. The van der Waals surface area contributed by atoms with Crippen molar-refractivity contribution in [2.75, 3.05) is 55.5 Å². The summed E-state index contributed by atoms with van der Waals surface area (Å²) in [7, 11) is 1.32. The van der Waals surface area contributed by atoms with Crippen LogP contribution in [-0.2, 0) is 9.47 Å². The van der Waals surface area contributed by atoms with Crippen LogP contribution in [0.1, 0.15) is 28.6 Å². The number of hydrogen-bond donors (Lipinski definition) is 3. The van der Waals surface area contributed by atoms with E-state index in [-0.39, 0.29) is 6.04 Å². The molecule has 11 heteroatoms. The minimum absolute atomic E-state index is 0.137. The van der Waals surface area contributed by atoms with E-state index in [0.717, 1.165) is 37.4 Å². The third kappa shape index (κ3) is 5.42. The Kier molecular flexibility index (Phi) is 7.01. The van der Waals surface area contributed by atoms with Crippen molar-refractivity contribution in [3.8, 4) is 11.4 Å². The predicted molar refractivity (Wildman–Crippen MR) is 134 cm³/mol. The van der Waals surface area contributed by atoms with Crippen molar-refractivity contribution in [2.24, 2.45) is 0 Å². The Bertz CT molecular complexity index is 1220. The quantitative estimate of drug-likeness (QED) is 0.447. The summed E-state index contributed by atoms with van der Waals surface area (Å²) >= 11 is 0. The molecule has 2 aliphatic heterocycles. The monoisotopic (exact) mass is 489 g/mol. The number of carbonyl (C=O) groups excluding carboxylic acids is 2. The second-order valence-corrected chi connectivity index (χ2v) is 8.44. The van der Waals surface area contributed by atoms with Gasteiger partial charge in [0.2, 0.25) is 5.95 Å². The molecule has 2 fully saturated rings. The maximum atomic E-state index is 12.4. The molecule has 0 saturated carbocycles. The van der Waals surface area contributed by atoms with Crippen molar-refractivity contribution in [2.45, 2.75) is 12.5 Å². The van der Waals surface area contributed by atoms with Gasteiger partial charge in [-0.25, -0.2) is 14.6 Å². The first-order valence-electron chi connectivity index (χ1n) is 11.8. The number of nitrogens with one attached hydrogen (secondary N) is 3.